The standard InChI is InChI=1S/C21H17FN4O2/c1-27-18-8-5-13(10-19(18)28-2)21-24-17-7-6-15(22)11-16(17)20(25-26-21)14-4-3-9-23-12-14/h3-12H,1-2H3,(H,24,26). The van der Waals surface area contributed by atoms with Crippen LogP contribution in [0, 0.1) is 5.82 Å². The molecule has 28 heavy (non-hydrogen) atoms. The largest absolute Gasteiger partial charge is 0.493 e. The van der Waals surface area contributed by atoms with Crippen LogP contribution in [0.4, 0.5) is 10.1 Å². The SMILES string of the molecule is COc1ccc(C2=Nc3ccc(F)cc3C(c3cccnc3)=NN2)cc1OC. The summed E-state index contributed by atoms with van der Waals surface area (Å²) in [6.07, 6.45) is 3.35. The van der Waals surface area contributed by atoms with Crippen LogP contribution in [0.2, 0.25) is 0 Å². The molecule has 140 valence electrons. The van der Waals surface area contributed by atoms with Crippen molar-refractivity contribution in [3.05, 3.63) is 83.4 Å². The first-order chi connectivity index (χ1) is 13.7. The van der Waals surface area contributed by atoms with Crippen molar-refractivity contribution in [2.75, 3.05) is 14.2 Å². The molecule has 1 aliphatic heterocycles. The topological polar surface area (TPSA) is 68.1 Å². The number of benzene rings is 2. The van der Waals surface area contributed by atoms with E-state index in [1.807, 2.05) is 12.1 Å². The quantitative estimate of drug-likeness (QED) is 0.754. The fourth-order valence-electron chi connectivity index (χ4n) is 2.95. The van der Waals surface area contributed by atoms with Gasteiger partial charge in [0, 0.05) is 29.1 Å². The third kappa shape index (κ3) is 3.29. The van der Waals surface area contributed by atoms with Crippen molar-refractivity contribution < 1.29 is 13.9 Å². The molecule has 3 aromatic rings. The Morgan fingerprint density at radius 3 is 2.54 bits per heavy atom. The Hall–Kier alpha value is -3.74. The minimum absolute atomic E-state index is 0.361. The first-order valence-corrected chi connectivity index (χ1v) is 8.54. The number of hydrazone groups is 1. The number of methoxy groups -OCH3 is 2. The van der Waals surface area contributed by atoms with Gasteiger partial charge in [-0.1, -0.05) is 0 Å². The van der Waals surface area contributed by atoms with Crippen LogP contribution in [0.3, 0.4) is 0 Å². The number of nitrogens with zero attached hydrogens (tertiary/aromatic N) is 3. The Labute approximate surface area is 161 Å². The van der Waals surface area contributed by atoms with Crippen LogP contribution in [-0.2, 0) is 0 Å². The van der Waals surface area contributed by atoms with E-state index in [0.717, 1.165) is 11.1 Å². The average Bonchev–Trinajstić information content (AvgIpc) is 2.93. The molecule has 2 aromatic carbocycles. The van der Waals surface area contributed by atoms with Gasteiger partial charge in [-0.2, -0.15) is 5.10 Å². The van der Waals surface area contributed by atoms with E-state index in [4.69, 9.17) is 9.47 Å². The number of ether oxygens (including phenoxy) is 2. The number of fused-ring (bicyclic) bond motifs is 1. The molecule has 0 saturated heterocycles. The number of aliphatic imine (C=N–C) groups is 1. The Balaban J connectivity index is 1.84. The highest BCUT2D eigenvalue weighted by molar-refractivity contribution is 6.17. The lowest BCUT2D eigenvalue weighted by Crippen LogP contribution is -2.20. The van der Waals surface area contributed by atoms with E-state index in [1.54, 1.807) is 50.9 Å². The van der Waals surface area contributed by atoms with Gasteiger partial charge in [0.15, 0.2) is 17.3 Å². The second kappa shape index (κ2) is 7.48. The van der Waals surface area contributed by atoms with Gasteiger partial charge in [0.05, 0.1) is 19.9 Å². The molecular weight excluding hydrogens is 359 g/mol. The highest BCUT2D eigenvalue weighted by Gasteiger charge is 2.19. The van der Waals surface area contributed by atoms with Gasteiger partial charge in [-0.05, 0) is 48.5 Å². The second-order valence-electron chi connectivity index (χ2n) is 6.01. The Morgan fingerprint density at radius 1 is 0.929 bits per heavy atom. The third-order valence-electron chi connectivity index (χ3n) is 4.31. The van der Waals surface area contributed by atoms with Crippen molar-refractivity contribution in [1.29, 1.82) is 0 Å². The Bertz CT molecular complexity index is 1080. The van der Waals surface area contributed by atoms with Crippen LogP contribution in [0.25, 0.3) is 0 Å². The Morgan fingerprint density at radius 2 is 1.79 bits per heavy atom. The van der Waals surface area contributed by atoms with Gasteiger partial charge in [0.25, 0.3) is 0 Å². The molecular formula is C21H17FN4O2. The lowest BCUT2D eigenvalue weighted by molar-refractivity contribution is 0.355. The molecule has 0 radical (unpaired) electrons. The minimum Gasteiger partial charge on any atom is -0.493 e. The zero-order valence-corrected chi connectivity index (χ0v) is 15.3. The van der Waals surface area contributed by atoms with Crippen LogP contribution < -0.4 is 14.9 Å². The highest BCUT2D eigenvalue weighted by atomic mass is 19.1. The summed E-state index contributed by atoms with van der Waals surface area (Å²) in [5.41, 5.74) is 6.23. The van der Waals surface area contributed by atoms with Gasteiger partial charge < -0.3 is 9.47 Å². The summed E-state index contributed by atoms with van der Waals surface area (Å²) < 4.78 is 24.6. The van der Waals surface area contributed by atoms with Gasteiger partial charge in [-0.15, -0.1) is 0 Å². The summed E-state index contributed by atoms with van der Waals surface area (Å²) in [6, 6.07) is 13.5. The van der Waals surface area contributed by atoms with E-state index < -0.39 is 0 Å². The molecule has 1 N–H and O–H groups in total. The number of hydrogen-bond acceptors (Lipinski definition) is 6. The molecule has 7 heteroatoms. The van der Waals surface area contributed by atoms with Crippen LogP contribution in [0.1, 0.15) is 16.7 Å². The fraction of sp³-hybridized carbons (Fsp3) is 0.0952. The number of nitrogens with one attached hydrogen (secondary N) is 1. The molecule has 0 bridgehead atoms. The van der Waals surface area contributed by atoms with Crippen LogP contribution >= 0.6 is 0 Å². The second-order valence-corrected chi connectivity index (χ2v) is 6.01. The molecule has 2 heterocycles. The fourth-order valence-corrected chi connectivity index (χ4v) is 2.95. The van der Waals surface area contributed by atoms with Crippen molar-refractivity contribution in [3.8, 4) is 11.5 Å². The van der Waals surface area contributed by atoms with Crippen molar-refractivity contribution in [3.63, 3.8) is 0 Å². The van der Waals surface area contributed by atoms with Crippen molar-refractivity contribution in [2.24, 2.45) is 10.1 Å². The first kappa shape index (κ1) is 17.7. The number of rotatable bonds is 4. The number of hydrogen-bond donors (Lipinski definition) is 1. The summed E-state index contributed by atoms with van der Waals surface area (Å²) in [5, 5.41) is 4.49. The molecule has 0 unspecified atom stereocenters. The molecule has 0 aliphatic carbocycles. The molecule has 6 nitrogen and oxygen atoms in total. The van der Waals surface area contributed by atoms with E-state index >= 15 is 0 Å². The number of halogens is 1. The number of pyridine rings is 1. The van der Waals surface area contributed by atoms with E-state index in [9.17, 15) is 4.39 Å². The maximum absolute atomic E-state index is 13.9. The number of aromatic nitrogens is 1. The summed E-state index contributed by atoms with van der Waals surface area (Å²) in [7, 11) is 3.15. The molecule has 0 spiro atoms. The number of amidine groups is 1. The molecule has 0 atom stereocenters. The van der Waals surface area contributed by atoms with E-state index in [0.29, 0.717) is 34.3 Å². The predicted octanol–water partition coefficient (Wildman–Crippen LogP) is 3.67. The minimum atomic E-state index is -0.361. The Kier molecular flexibility index (Phi) is 4.72. The van der Waals surface area contributed by atoms with E-state index in [1.165, 1.54) is 12.1 Å². The molecule has 1 aromatic heterocycles. The maximum atomic E-state index is 13.9. The van der Waals surface area contributed by atoms with E-state index in [-0.39, 0.29) is 5.82 Å². The molecule has 1 aliphatic rings. The van der Waals surface area contributed by atoms with Crippen molar-refractivity contribution in [2.45, 2.75) is 0 Å². The predicted molar refractivity (Wildman–Crippen MR) is 105 cm³/mol. The van der Waals surface area contributed by atoms with Gasteiger partial charge in [0.2, 0.25) is 0 Å². The van der Waals surface area contributed by atoms with Crippen molar-refractivity contribution in [1.82, 2.24) is 10.4 Å². The molecule has 0 amide bonds. The normalized spacial score (nSPS) is 12.8. The van der Waals surface area contributed by atoms with Crippen LogP contribution in [0.5, 0.6) is 11.5 Å². The highest BCUT2D eigenvalue weighted by Crippen LogP contribution is 2.30. The van der Waals surface area contributed by atoms with Gasteiger partial charge in [-0.3, -0.25) is 10.4 Å². The molecule has 4 rings (SSSR count). The van der Waals surface area contributed by atoms with Crippen LogP contribution in [-0.4, -0.2) is 30.8 Å². The smallest absolute Gasteiger partial charge is 0.161 e. The zero-order chi connectivity index (χ0) is 19.5. The van der Waals surface area contributed by atoms with Gasteiger partial charge in [0.1, 0.15) is 11.5 Å². The van der Waals surface area contributed by atoms with Crippen LogP contribution in [0.15, 0.2) is 71.0 Å². The molecule has 0 fully saturated rings. The third-order valence-corrected chi connectivity index (χ3v) is 4.31. The lowest BCUT2D eigenvalue weighted by atomic mass is 10.0. The maximum Gasteiger partial charge on any atom is 0.161 e. The van der Waals surface area contributed by atoms with Gasteiger partial charge >= 0.3 is 0 Å². The summed E-state index contributed by atoms with van der Waals surface area (Å²) >= 11 is 0. The summed E-state index contributed by atoms with van der Waals surface area (Å²) in [4.78, 5) is 8.80. The lowest BCUT2D eigenvalue weighted by Gasteiger charge is -2.10. The monoisotopic (exact) mass is 376 g/mol. The summed E-state index contributed by atoms with van der Waals surface area (Å²) in [5.74, 6) is 1.33. The summed E-state index contributed by atoms with van der Waals surface area (Å²) in [6.45, 7) is 0. The zero-order valence-electron chi connectivity index (χ0n) is 15.3. The van der Waals surface area contributed by atoms with E-state index in [2.05, 4.69) is 20.5 Å². The van der Waals surface area contributed by atoms with Crippen molar-refractivity contribution >= 4 is 17.2 Å². The molecule has 0 saturated carbocycles. The van der Waals surface area contributed by atoms with Gasteiger partial charge in [-0.25, -0.2) is 9.38 Å². The average molecular weight is 376 g/mol. The first-order valence-electron chi connectivity index (χ1n) is 8.54.